The summed E-state index contributed by atoms with van der Waals surface area (Å²) in [6, 6.07) is 13.3. The fraction of sp³-hybridized carbons (Fsp3) is 0.400. The van der Waals surface area contributed by atoms with Gasteiger partial charge in [0.15, 0.2) is 12.5 Å². The zero-order valence-electron chi connectivity index (χ0n) is 16.2. The first-order valence-electron chi connectivity index (χ1n) is 9.40. The number of rotatable bonds is 6. The monoisotopic (exact) mass is 386 g/mol. The van der Waals surface area contributed by atoms with Crippen molar-refractivity contribution in [1.29, 1.82) is 0 Å². The lowest BCUT2D eigenvalue weighted by molar-refractivity contribution is 0.238. The number of aliphatic imine (C=N–C) groups is 1. The highest BCUT2D eigenvalue weighted by Gasteiger charge is 2.26. The van der Waals surface area contributed by atoms with Crippen LogP contribution in [0.2, 0.25) is 0 Å². The Bertz CT molecular complexity index is 840. The Morgan fingerprint density at radius 1 is 1.25 bits per heavy atom. The highest BCUT2D eigenvalue weighted by molar-refractivity contribution is 5.94. The second kappa shape index (κ2) is 9.48. The van der Waals surface area contributed by atoms with Crippen LogP contribution in [0.5, 0.6) is 0 Å². The second-order valence-electron chi connectivity index (χ2n) is 7.04. The number of fused-ring (bicyclic) bond motifs is 1. The number of amides is 2. The molecule has 4 N–H and O–H groups in total. The quantitative estimate of drug-likeness (QED) is 0.574. The number of nitrogens with one attached hydrogen (secondary N) is 4. The summed E-state index contributed by atoms with van der Waals surface area (Å²) >= 11 is 0. The molecule has 2 unspecified atom stereocenters. The van der Waals surface area contributed by atoms with Crippen molar-refractivity contribution >= 4 is 28.3 Å². The van der Waals surface area contributed by atoms with E-state index in [9.17, 15) is 9.18 Å². The first-order chi connectivity index (χ1) is 13.5. The van der Waals surface area contributed by atoms with Crippen LogP contribution in [-0.2, 0) is 0 Å². The largest absolute Gasteiger partial charge is 0.339 e. The molecule has 28 heavy (non-hydrogen) atoms. The van der Waals surface area contributed by atoms with Crippen LogP contribution in [0, 0.1) is 0 Å². The molecule has 3 rings (SSSR count). The summed E-state index contributed by atoms with van der Waals surface area (Å²) in [7, 11) is 3.98. The predicted octanol–water partition coefficient (Wildman–Crippen LogP) is 2.13. The van der Waals surface area contributed by atoms with Gasteiger partial charge in [-0.15, -0.1) is 0 Å². The zero-order chi connectivity index (χ0) is 19.9. The van der Waals surface area contributed by atoms with Crippen LogP contribution < -0.4 is 21.3 Å². The minimum atomic E-state index is -1.21. The van der Waals surface area contributed by atoms with E-state index in [1.165, 1.54) is 0 Å². The van der Waals surface area contributed by atoms with Gasteiger partial charge in [-0.25, -0.2) is 9.18 Å². The van der Waals surface area contributed by atoms with Gasteiger partial charge in [0.2, 0.25) is 0 Å². The zero-order valence-corrected chi connectivity index (χ0v) is 16.2. The molecule has 2 aromatic rings. The molecule has 0 spiro atoms. The lowest BCUT2D eigenvalue weighted by atomic mass is 10.1. The molecule has 150 valence electrons. The number of alkyl halides is 1. The Kier molecular flexibility index (Phi) is 6.78. The lowest BCUT2D eigenvalue weighted by Gasteiger charge is -2.30. The second-order valence-corrected chi connectivity index (χ2v) is 7.04. The lowest BCUT2D eigenvalue weighted by Crippen LogP contribution is -2.64. The standard InChI is InChI=1S/C20H27FN6O/c1-27(2)11-5-10-22-18-17(21)13-23-19(25-18)26-20(28)24-16-9-8-14-6-3-4-7-15(14)12-16/h3-4,6-9,12,17,19,23H,5,10-11,13H2,1-2H3,(H,22,25)(H2,24,26,28). The van der Waals surface area contributed by atoms with Crippen LogP contribution in [0.1, 0.15) is 6.42 Å². The van der Waals surface area contributed by atoms with Gasteiger partial charge in [-0.3, -0.25) is 10.3 Å². The SMILES string of the molecule is CN(C)CCCN=C1NC(NC(=O)Nc2ccc3ccccc3c2)NCC1F. The number of nitrogens with zero attached hydrogens (tertiary/aromatic N) is 2. The summed E-state index contributed by atoms with van der Waals surface area (Å²) in [6.07, 6.45) is -0.945. The third-order valence-corrected chi connectivity index (χ3v) is 4.42. The molecular formula is C20H27FN6O. The van der Waals surface area contributed by atoms with Crippen LogP contribution in [0.15, 0.2) is 47.5 Å². The molecule has 1 heterocycles. The van der Waals surface area contributed by atoms with Gasteiger partial charge in [-0.1, -0.05) is 30.3 Å². The number of amidine groups is 1. The molecule has 0 bridgehead atoms. The van der Waals surface area contributed by atoms with E-state index in [1.807, 2.05) is 56.6 Å². The molecule has 0 aliphatic carbocycles. The highest BCUT2D eigenvalue weighted by atomic mass is 19.1. The summed E-state index contributed by atoms with van der Waals surface area (Å²) in [4.78, 5) is 18.7. The molecule has 0 saturated carbocycles. The number of hydrogen-bond donors (Lipinski definition) is 4. The van der Waals surface area contributed by atoms with E-state index in [0.29, 0.717) is 12.2 Å². The summed E-state index contributed by atoms with van der Waals surface area (Å²) < 4.78 is 14.0. The molecule has 1 aliphatic rings. The summed E-state index contributed by atoms with van der Waals surface area (Å²) in [5.41, 5.74) is 0.688. The number of carbonyl (C=O) groups excluding carboxylic acids is 1. The van der Waals surface area contributed by atoms with E-state index >= 15 is 0 Å². The molecule has 0 radical (unpaired) electrons. The van der Waals surface area contributed by atoms with Gasteiger partial charge >= 0.3 is 6.03 Å². The Labute approximate surface area is 164 Å². The van der Waals surface area contributed by atoms with E-state index in [1.54, 1.807) is 0 Å². The van der Waals surface area contributed by atoms with Crippen LogP contribution in [-0.4, -0.2) is 63.0 Å². The molecular weight excluding hydrogens is 359 g/mol. The first-order valence-corrected chi connectivity index (χ1v) is 9.40. The number of anilines is 1. The molecule has 2 amide bonds. The van der Waals surface area contributed by atoms with Crippen molar-refractivity contribution in [1.82, 2.24) is 20.9 Å². The van der Waals surface area contributed by atoms with Crippen molar-refractivity contribution in [3.05, 3.63) is 42.5 Å². The maximum absolute atomic E-state index is 14.0. The number of hydrogen-bond acceptors (Lipinski definition) is 4. The minimum Gasteiger partial charge on any atom is -0.339 e. The van der Waals surface area contributed by atoms with Crippen LogP contribution in [0.4, 0.5) is 14.9 Å². The fourth-order valence-corrected chi connectivity index (χ4v) is 2.99. The van der Waals surface area contributed by atoms with E-state index in [4.69, 9.17) is 0 Å². The van der Waals surface area contributed by atoms with Gasteiger partial charge in [-0.2, -0.15) is 0 Å². The molecule has 2 atom stereocenters. The van der Waals surface area contributed by atoms with Crippen LogP contribution in [0.3, 0.4) is 0 Å². The van der Waals surface area contributed by atoms with Crippen LogP contribution in [0.25, 0.3) is 10.8 Å². The number of benzene rings is 2. The molecule has 1 fully saturated rings. The van der Waals surface area contributed by atoms with Gasteiger partial charge in [0.25, 0.3) is 0 Å². The van der Waals surface area contributed by atoms with Crippen molar-refractivity contribution in [3.8, 4) is 0 Å². The molecule has 7 nitrogen and oxygen atoms in total. The Morgan fingerprint density at radius 3 is 2.82 bits per heavy atom. The van der Waals surface area contributed by atoms with E-state index in [0.717, 1.165) is 23.7 Å². The minimum absolute atomic E-state index is 0.0977. The number of carbonyl (C=O) groups is 1. The number of halogens is 1. The smallest absolute Gasteiger partial charge is 0.321 e. The normalized spacial score (nSPS) is 20.9. The third-order valence-electron chi connectivity index (χ3n) is 4.42. The maximum atomic E-state index is 14.0. The first kappa shape index (κ1) is 20.0. The van der Waals surface area contributed by atoms with Gasteiger partial charge < -0.3 is 20.9 Å². The molecule has 0 aromatic heterocycles. The summed E-state index contributed by atoms with van der Waals surface area (Å²) in [6.45, 7) is 1.53. The van der Waals surface area contributed by atoms with Gasteiger partial charge in [0.1, 0.15) is 5.84 Å². The highest BCUT2D eigenvalue weighted by Crippen LogP contribution is 2.18. The Hall–Kier alpha value is -2.71. The van der Waals surface area contributed by atoms with Gasteiger partial charge in [0, 0.05) is 18.8 Å². The molecule has 8 heteroatoms. The predicted molar refractivity (Wildman–Crippen MR) is 111 cm³/mol. The Balaban J connectivity index is 1.53. The fourth-order valence-electron chi connectivity index (χ4n) is 2.99. The molecule has 2 aromatic carbocycles. The summed E-state index contributed by atoms with van der Waals surface area (Å²) in [5.74, 6) is 0.272. The van der Waals surface area contributed by atoms with Crippen molar-refractivity contribution in [2.45, 2.75) is 18.9 Å². The third kappa shape index (κ3) is 5.64. The average molecular weight is 386 g/mol. The van der Waals surface area contributed by atoms with Crippen molar-refractivity contribution < 1.29 is 9.18 Å². The van der Waals surface area contributed by atoms with Crippen molar-refractivity contribution in [2.24, 2.45) is 4.99 Å². The topological polar surface area (TPSA) is 80.8 Å². The average Bonchev–Trinajstić information content (AvgIpc) is 2.67. The molecule has 1 aliphatic heterocycles. The molecule has 1 saturated heterocycles. The summed E-state index contributed by atoms with van der Waals surface area (Å²) in [5, 5.41) is 13.5. The van der Waals surface area contributed by atoms with Crippen molar-refractivity contribution in [3.63, 3.8) is 0 Å². The number of urea groups is 1. The van der Waals surface area contributed by atoms with Crippen molar-refractivity contribution in [2.75, 3.05) is 39.0 Å². The van der Waals surface area contributed by atoms with E-state index in [2.05, 4.69) is 31.2 Å². The Morgan fingerprint density at radius 2 is 2.04 bits per heavy atom. The van der Waals surface area contributed by atoms with E-state index < -0.39 is 12.5 Å². The van der Waals surface area contributed by atoms with Gasteiger partial charge in [0.05, 0.1) is 0 Å². The van der Waals surface area contributed by atoms with E-state index in [-0.39, 0.29) is 18.4 Å². The maximum Gasteiger partial charge on any atom is 0.321 e. The van der Waals surface area contributed by atoms with Gasteiger partial charge in [-0.05, 0) is 50.0 Å². The van der Waals surface area contributed by atoms with Crippen LogP contribution >= 0.6 is 0 Å².